The molecule has 1 atom stereocenters. The first-order chi connectivity index (χ1) is 12.1. The summed E-state index contributed by atoms with van der Waals surface area (Å²) in [6.07, 6.45) is 2.02. The highest BCUT2D eigenvalue weighted by molar-refractivity contribution is 5.87. The number of aromatic nitrogens is 1. The van der Waals surface area contributed by atoms with Gasteiger partial charge in [-0.05, 0) is 25.3 Å². The van der Waals surface area contributed by atoms with E-state index >= 15 is 0 Å². The second-order valence-electron chi connectivity index (χ2n) is 5.78. The zero-order chi connectivity index (χ0) is 18.2. The van der Waals surface area contributed by atoms with Crippen molar-refractivity contribution in [3.8, 4) is 11.8 Å². The number of amides is 2. The van der Waals surface area contributed by atoms with Crippen LogP contribution in [-0.4, -0.2) is 62.2 Å². The van der Waals surface area contributed by atoms with E-state index in [9.17, 15) is 9.59 Å². The molecule has 0 aliphatic carbocycles. The maximum absolute atomic E-state index is 12.3. The SMILES string of the molecule is COc1ccc(CNC(=O)CN2CCCCC(OC)C2=O)c(OC)n1. The minimum atomic E-state index is -0.457. The van der Waals surface area contributed by atoms with Crippen molar-refractivity contribution < 1.29 is 23.8 Å². The molecular formula is C17H25N3O5. The van der Waals surface area contributed by atoms with E-state index < -0.39 is 6.10 Å². The van der Waals surface area contributed by atoms with Crippen LogP contribution in [0.5, 0.6) is 11.8 Å². The summed E-state index contributed by atoms with van der Waals surface area (Å²) in [5, 5.41) is 2.80. The van der Waals surface area contributed by atoms with Gasteiger partial charge in [0.15, 0.2) is 0 Å². The van der Waals surface area contributed by atoms with Gasteiger partial charge in [0, 0.05) is 31.8 Å². The predicted octanol–water partition coefficient (Wildman–Crippen LogP) is 0.742. The van der Waals surface area contributed by atoms with Crippen molar-refractivity contribution in [1.82, 2.24) is 15.2 Å². The van der Waals surface area contributed by atoms with Crippen molar-refractivity contribution in [1.29, 1.82) is 0 Å². The van der Waals surface area contributed by atoms with Gasteiger partial charge in [-0.2, -0.15) is 4.98 Å². The number of rotatable bonds is 7. The number of pyridine rings is 1. The molecule has 0 spiro atoms. The van der Waals surface area contributed by atoms with Gasteiger partial charge < -0.3 is 24.4 Å². The Morgan fingerprint density at radius 3 is 2.76 bits per heavy atom. The van der Waals surface area contributed by atoms with Gasteiger partial charge in [-0.1, -0.05) is 0 Å². The number of likely N-dealkylation sites (tertiary alicyclic amines) is 1. The van der Waals surface area contributed by atoms with Crippen LogP contribution in [0.3, 0.4) is 0 Å². The Kier molecular flexibility index (Phi) is 7.00. The van der Waals surface area contributed by atoms with Crippen molar-refractivity contribution >= 4 is 11.8 Å². The number of ether oxygens (including phenoxy) is 3. The third-order valence-corrected chi connectivity index (χ3v) is 4.14. The lowest BCUT2D eigenvalue weighted by Crippen LogP contribution is -2.44. The molecule has 2 amide bonds. The summed E-state index contributed by atoms with van der Waals surface area (Å²) in [7, 11) is 4.55. The molecule has 1 aliphatic rings. The summed E-state index contributed by atoms with van der Waals surface area (Å²) in [6, 6.07) is 3.48. The molecule has 8 heteroatoms. The first-order valence-corrected chi connectivity index (χ1v) is 8.25. The fourth-order valence-corrected chi connectivity index (χ4v) is 2.75. The molecule has 1 N–H and O–H groups in total. The molecule has 1 saturated heterocycles. The number of hydrogen-bond acceptors (Lipinski definition) is 6. The first kappa shape index (κ1) is 19.0. The van der Waals surface area contributed by atoms with E-state index in [2.05, 4.69) is 10.3 Å². The number of methoxy groups -OCH3 is 3. The third-order valence-electron chi connectivity index (χ3n) is 4.14. The van der Waals surface area contributed by atoms with Gasteiger partial charge in [0.2, 0.25) is 17.7 Å². The van der Waals surface area contributed by atoms with Crippen LogP contribution in [0.25, 0.3) is 0 Å². The molecule has 8 nitrogen and oxygen atoms in total. The quantitative estimate of drug-likeness (QED) is 0.779. The number of carbonyl (C=O) groups excluding carboxylic acids is 2. The second kappa shape index (κ2) is 9.22. The van der Waals surface area contributed by atoms with Crippen LogP contribution in [0, 0.1) is 0 Å². The van der Waals surface area contributed by atoms with Crippen LogP contribution in [0.2, 0.25) is 0 Å². The van der Waals surface area contributed by atoms with E-state index in [4.69, 9.17) is 14.2 Å². The Hall–Kier alpha value is -2.35. The molecule has 1 aromatic heterocycles. The zero-order valence-corrected chi connectivity index (χ0v) is 14.9. The maximum Gasteiger partial charge on any atom is 0.252 e. The Bertz CT molecular complexity index is 608. The van der Waals surface area contributed by atoms with Gasteiger partial charge in [0.25, 0.3) is 5.91 Å². The van der Waals surface area contributed by atoms with Crippen molar-refractivity contribution in [3.63, 3.8) is 0 Å². The number of nitrogens with one attached hydrogen (secondary N) is 1. The molecule has 0 bridgehead atoms. The minimum Gasteiger partial charge on any atom is -0.481 e. The fourth-order valence-electron chi connectivity index (χ4n) is 2.75. The molecule has 1 unspecified atom stereocenters. The minimum absolute atomic E-state index is 0.0184. The Balaban J connectivity index is 1.93. The van der Waals surface area contributed by atoms with E-state index in [-0.39, 0.29) is 24.9 Å². The lowest BCUT2D eigenvalue weighted by Gasteiger charge is -2.23. The molecular weight excluding hydrogens is 326 g/mol. The van der Waals surface area contributed by atoms with E-state index in [0.717, 1.165) is 18.4 Å². The van der Waals surface area contributed by atoms with Crippen molar-refractivity contribution in [3.05, 3.63) is 17.7 Å². The fraction of sp³-hybridized carbons (Fsp3) is 0.588. The van der Waals surface area contributed by atoms with Crippen LogP contribution < -0.4 is 14.8 Å². The van der Waals surface area contributed by atoms with E-state index in [0.29, 0.717) is 24.7 Å². The molecule has 0 saturated carbocycles. The van der Waals surface area contributed by atoms with Gasteiger partial charge in [-0.25, -0.2) is 0 Å². The smallest absolute Gasteiger partial charge is 0.252 e. The molecule has 138 valence electrons. The van der Waals surface area contributed by atoms with Gasteiger partial charge >= 0.3 is 0 Å². The highest BCUT2D eigenvalue weighted by Gasteiger charge is 2.27. The molecule has 1 aromatic rings. The second-order valence-corrected chi connectivity index (χ2v) is 5.78. The molecule has 2 rings (SSSR count). The van der Waals surface area contributed by atoms with Gasteiger partial charge in [0.05, 0.1) is 20.8 Å². The van der Waals surface area contributed by atoms with E-state index in [1.165, 1.54) is 21.3 Å². The summed E-state index contributed by atoms with van der Waals surface area (Å²) >= 11 is 0. The lowest BCUT2D eigenvalue weighted by atomic mass is 10.2. The molecule has 1 aliphatic heterocycles. The Labute approximate surface area is 147 Å². The normalized spacial score (nSPS) is 17.8. The van der Waals surface area contributed by atoms with Crippen molar-refractivity contribution in [2.75, 3.05) is 34.4 Å². The summed E-state index contributed by atoms with van der Waals surface area (Å²) in [5.41, 5.74) is 0.730. The standard InChI is InChI=1S/C17H25N3O5/c1-23-13-6-4-5-9-20(17(13)22)11-14(21)18-10-12-7-8-15(24-2)19-16(12)25-3/h7-8,13H,4-6,9-11H2,1-3H3,(H,18,21). The topological polar surface area (TPSA) is 90.0 Å². The molecule has 0 aromatic carbocycles. The van der Waals surface area contributed by atoms with Gasteiger partial charge in [-0.3, -0.25) is 9.59 Å². The zero-order valence-electron chi connectivity index (χ0n) is 14.9. The number of carbonyl (C=O) groups is 2. The molecule has 25 heavy (non-hydrogen) atoms. The van der Waals surface area contributed by atoms with Crippen LogP contribution >= 0.6 is 0 Å². The highest BCUT2D eigenvalue weighted by Crippen LogP contribution is 2.19. The maximum atomic E-state index is 12.3. The molecule has 1 fully saturated rings. The number of hydrogen-bond donors (Lipinski definition) is 1. The van der Waals surface area contributed by atoms with Crippen molar-refractivity contribution in [2.24, 2.45) is 0 Å². The number of nitrogens with zero attached hydrogens (tertiary/aromatic N) is 2. The Morgan fingerprint density at radius 2 is 2.08 bits per heavy atom. The first-order valence-electron chi connectivity index (χ1n) is 8.25. The monoisotopic (exact) mass is 351 g/mol. The largest absolute Gasteiger partial charge is 0.481 e. The average Bonchev–Trinajstić information content (AvgIpc) is 2.81. The summed E-state index contributed by atoms with van der Waals surface area (Å²) in [6.45, 7) is 0.846. The van der Waals surface area contributed by atoms with E-state index in [1.54, 1.807) is 17.0 Å². The van der Waals surface area contributed by atoms with E-state index in [1.807, 2.05) is 0 Å². The lowest BCUT2D eigenvalue weighted by molar-refractivity contribution is -0.144. The summed E-state index contributed by atoms with van der Waals surface area (Å²) < 4.78 is 15.5. The summed E-state index contributed by atoms with van der Waals surface area (Å²) in [4.78, 5) is 30.3. The average molecular weight is 351 g/mol. The third kappa shape index (κ3) is 5.06. The molecule has 2 heterocycles. The Morgan fingerprint density at radius 1 is 1.28 bits per heavy atom. The molecule has 0 radical (unpaired) electrons. The van der Waals surface area contributed by atoms with Crippen LogP contribution in [-0.2, 0) is 20.9 Å². The van der Waals surface area contributed by atoms with Crippen LogP contribution in [0.15, 0.2) is 12.1 Å². The van der Waals surface area contributed by atoms with Gasteiger partial charge in [-0.15, -0.1) is 0 Å². The van der Waals surface area contributed by atoms with Crippen LogP contribution in [0.1, 0.15) is 24.8 Å². The highest BCUT2D eigenvalue weighted by atomic mass is 16.5. The van der Waals surface area contributed by atoms with Crippen LogP contribution in [0.4, 0.5) is 0 Å². The van der Waals surface area contributed by atoms with Gasteiger partial charge in [0.1, 0.15) is 6.10 Å². The summed E-state index contributed by atoms with van der Waals surface area (Å²) in [5.74, 6) is 0.472. The van der Waals surface area contributed by atoms with Crippen molar-refractivity contribution in [2.45, 2.75) is 31.9 Å². The predicted molar refractivity (Wildman–Crippen MR) is 90.4 cm³/mol.